The summed E-state index contributed by atoms with van der Waals surface area (Å²) in [4.78, 5) is 110. The van der Waals surface area contributed by atoms with Gasteiger partial charge in [-0.15, -0.1) is 0 Å². The highest BCUT2D eigenvalue weighted by Crippen LogP contribution is 2.43. The van der Waals surface area contributed by atoms with Crippen molar-refractivity contribution in [3.05, 3.63) is 108 Å². The van der Waals surface area contributed by atoms with Gasteiger partial charge in [0.1, 0.15) is 30.6 Å². The second kappa shape index (κ2) is 26.9. The Morgan fingerprint density at radius 1 is 0.818 bits per heavy atom. The van der Waals surface area contributed by atoms with Crippen LogP contribution in [0.2, 0.25) is 0 Å². The van der Waals surface area contributed by atoms with Gasteiger partial charge in [-0.1, -0.05) is 37.3 Å². The van der Waals surface area contributed by atoms with Crippen LogP contribution < -0.4 is 52.2 Å². The van der Waals surface area contributed by atoms with Crippen molar-refractivity contribution in [2.45, 2.75) is 104 Å². The van der Waals surface area contributed by atoms with E-state index in [0.29, 0.717) is 78.7 Å². The number of primary amides is 1. The molecule has 0 spiro atoms. The molecule has 77 heavy (non-hydrogen) atoms. The molecule has 0 saturated carbocycles. The van der Waals surface area contributed by atoms with Crippen molar-refractivity contribution in [3.8, 4) is 5.75 Å². The second-order valence-electron chi connectivity index (χ2n) is 19.8. The Balaban J connectivity index is 1.07. The van der Waals surface area contributed by atoms with Crippen LogP contribution in [0.4, 0.5) is 47.6 Å². The highest BCUT2D eigenvalue weighted by molar-refractivity contribution is 5.99. The van der Waals surface area contributed by atoms with Gasteiger partial charge in [0.2, 0.25) is 23.6 Å². The fourth-order valence-corrected chi connectivity index (χ4v) is 8.88. The van der Waals surface area contributed by atoms with Crippen molar-refractivity contribution in [2.24, 2.45) is 5.73 Å². The number of hydrogen-bond acceptors (Lipinski definition) is 12. The summed E-state index contributed by atoms with van der Waals surface area (Å²) >= 11 is 0. The summed E-state index contributed by atoms with van der Waals surface area (Å²) in [7, 11) is 1.80. The molecule has 6 rings (SSSR count). The number of nitrogens with two attached hydrogens (primary N) is 1. The Morgan fingerprint density at radius 3 is 2.14 bits per heavy atom. The maximum Gasteiger partial charge on any atom is 0.415 e. The summed E-state index contributed by atoms with van der Waals surface area (Å²) in [6.45, 7) is 12.8. The van der Waals surface area contributed by atoms with E-state index in [-0.39, 0.29) is 50.0 Å². The highest BCUT2D eigenvalue weighted by atomic mass is 16.6. The number of piperazine rings is 1. The molecule has 2 aliphatic rings. The Morgan fingerprint density at radius 2 is 1.47 bits per heavy atom. The van der Waals surface area contributed by atoms with Crippen LogP contribution >= 0.6 is 0 Å². The second-order valence-corrected chi connectivity index (χ2v) is 19.8. The first-order chi connectivity index (χ1) is 36.7. The molecule has 0 aromatic heterocycles. The Kier molecular flexibility index (Phi) is 20.2. The minimum absolute atomic E-state index is 0.0557. The van der Waals surface area contributed by atoms with Gasteiger partial charge in [-0.05, 0) is 132 Å². The molecule has 2 heterocycles. The number of likely N-dealkylation sites (N-methyl/N-ethyl adjacent to an activating group) is 1. The first-order valence-electron chi connectivity index (χ1n) is 25.7. The van der Waals surface area contributed by atoms with Crippen LogP contribution in [0.15, 0.2) is 97.1 Å². The van der Waals surface area contributed by atoms with E-state index in [1.165, 1.54) is 4.90 Å². The minimum Gasteiger partial charge on any atom is -0.492 e. The van der Waals surface area contributed by atoms with E-state index < -0.39 is 53.7 Å². The lowest BCUT2D eigenvalue weighted by Crippen LogP contribution is -2.55. The summed E-state index contributed by atoms with van der Waals surface area (Å²) < 4.78 is 17.2. The van der Waals surface area contributed by atoms with Crippen molar-refractivity contribution in [3.63, 3.8) is 0 Å². The number of ether oxygens (including phenoxy) is 3. The van der Waals surface area contributed by atoms with Gasteiger partial charge in [0, 0.05) is 74.1 Å². The van der Waals surface area contributed by atoms with Gasteiger partial charge < -0.3 is 61.6 Å². The molecule has 0 unspecified atom stereocenters. The van der Waals surface area contributed by atoms with Gasteiger partial charge in [0.25, 0.3) is 0 Å². The zero-order valence-corrected chi connectivity index (χ0v) is 44.7. The third-order valence-corrected chi connectivity index (χ3v) is 12.8. The molecule has 412 valence electrons. The van der Waals surface area contributed by atoms with Crippen LogP contribution in [-0.2, 0) is 35.3 Å². The van der Waals surface area contributed by atoms with Crippen molar-refractivity contribution in [1.82, 2.24) is 25.8 Å². The number of rotatable bonds is 20. The molecule has 0 aliphatic carbocycles. The fourth-order valence-electron chi connectivity index (χ4n) is 8.88. The number of nitrogens with zero attached hydrogens (tertiary/aromatic N) is 4. The molecule has 2 aliphatic heterocycles. The predicted octanol–water partition coefficient (Wildman–Crippen LogP) is 6.69. The standard InChI is InChI=1S/C55H71N11O11/c1-8-48(68)65-35(2)32-46(43-12-9-10-14-45(43)65)66(54(74)76-34-37-15-17-39(18-16-37)60-49(69)44(13-11-27-57-51(56)71)62-53(73)77-55(4,5)6)41-23-19-38(20-24-41)59-47(67)33-58-52(72)61-40-21-25-42(26-22-40)75-31-30-64-29-28-63(7)50(70)36(64)3/h9-10,12,14-26,35-36,44,46H,8,11,13,27-34H2,1-7H3,(H,59,67)(H,60,69)(H,62,73)(H3,56,57,71)(H2,58,61,72)/t35-,36+,44-,46+/m0/s1. The molecule has 4 atom stereocenters. The normalized spacial score (nSPS) is 16.7. The fraction of sp³-hybridized carbons (Fsp3) is 0.418. The molecule has 0 radical (unpaired) electrons. The number of nitrogens with one attached hydrogen (secondary N) is 6. The number of hydrogen-bond donors (Lipinski definition) is 7. The van der Waals surface area contributed by atoms with E-state index in [2.05, 4.69) is 36.8 Å². The van der Waals surface area contributed by atoms with E-state index >= 15 is 0 Å². The van der Waals surface area contributed by atoms with E-state index in [1.54, 1.807) is 117 Å². The molecule has 1 saturated heterocycles. The lowest BCUT2D eigenvalue weighted by Gasteiger charge is -2.43. The summed E-state index contributed by atoms with van der Waals surface area (Å²) in [6, 6.07) is 24.1. The first kappa shape index (κ1) is 57.9. The number of fused-ring (bicyclic) bond motifs is 1. The van der Waals surface area contributed by atoms with Gasteiger partial charge in [0.05, 0.1) is 18.6 Å². The molecule has 22 heteroatoms. The number of para-hydroxylation sites is 1. The Labute approximate surface area is 448 Å². The quantitative estimate of drug-likeness (QED) is 0.0456. The van der Waals surface area contributed by atoms with Crippen molar-refractivity contribution < 1.29 is 52.6 Å². The number of anilines is 5. The zero-order valence-electron chi connectivity index (χ0n) is 44.7. The van der Waals surface area contributed by atoms with Crippen LogP contribution in [0.5, 0.6) is 5.75 Å². The van der Waals surface area contributed by atoms with Gasteiger partial charge in [-0.3, -0.25) is 29.0 Å². The number of benzene rings is 4. The van der Waals surface area contributed by atoms with Crippen molar-refractivity contribution in [1.29, 1.82) is 0 Å². The molecule has 8 N–H and O–H groups in total. The average Bonchev–Trinajstić information content (AvgIpc) is 3.39. The predicted molar refractivity (Wildman–Crippen MR) is 291 cm³/mol. The summed E-state index contributed by atoms with van der Waals surface area (Å²) in [5, 5.41) is 15.9. The van der Waals surface area contributed by atoms with Crippen molar-refractivity contribution >= 4 is 76.3 Å². The largest absolute Gasteiger partial charge is 0.492 e. The number of urea groups is 2. The number of carbonyl (C=O) groups is 8. The smallest absolute Gasteiger partial charge is 0.415 e. The van der Waals surface area contributed by atoms with Crippen molar-refractivity contribution in [2.75, 3.05) is 72.1 Å². The highest BCUT2D eigenvalue weighted by Gasteiger charge is 2.39. The van der Waals surface area contributed by atoms with Gasteiger partial charge in [-0.2, -0.15) is 0 Å². The minimum atomic E-state index is -1.01. The molecule has 10 amide bonds. The maximum atomic E-state index is 14.5. The molecule has 4 aromatic rings. The molecule has 22 nitrogen and oxygen atoms in total. The summed E-state index contributed by atoms with van der Waals surface area (Å²) in [5.41, 5.74) is 8.11. The van der Waals surface area contributed by atoms with E-state index in [0.717, 1.165) is 12.1 Å². The van der Waals surface area contributed by atoms with E-state index in [9.17, 15) is 38.4 Å². The maximum absolute atomic E-state index is 14.5. The molecule has 0 bridgehead atoms. The average molecular weight is 1060 g/mol. The first-order valence-corrected chi connectivity index (χ1v) is 25.7. The molecular formula is C55H71N11O11. The summed E-state index contributed by atoms with van der Waals surface area (Å²) in [5.74, 6) is -0.396. The summed E-state index contributed by atoms with van der Waals surface area (Å²) in [6.07, 6.45) is -0.298. The van der Waals surface area contributed by atoms with Crippen LogP contribution in [0.25, 0.3) is 0 Å². The van der Waals surface area contributed by atoms with Crippen LogP contribution in [-0.4, -0.2) is 128 Å². The number of alkyl carbamates (subject to hydrolysis) is 1. The van der Waals surface area contributed by atoms with E-state index in [4.69, 9.17) is 19.9 Å². The topological polar surface area (TPSA) is 275 Å². The van der Waals surface area contributed by atoms with Crippen LogP contribution in [0.1, 0.15) is 84.4 Å². The third-order valence-electron chi connectivity index (χ3n) is 12.8. The molecule has 4 aromatic carbocycles. The SMILES string of the molecule is CCC(=O)N1c2ccccc2[C@H](N(C(=O)OCc2ccc(NC(=O)[C@H](CCCNC(N)=O)NC(=O)OC(C)(C)C)cc2)c2ccc(NC(=O)CNC(=O)Nc3ccc(OCCN4CCN(C)C(=O)[C@H]4C)cc3)cc2)C[C@@H]1C. The van der Waals surface area contributed by atoms with Gasteiger partial charge >= 0.3 is 24.2 Å². The number of amides is 10. The lowest BCUT2D eigenvalue weighted by molar-refractivity contribution is -0.139. The number of carbonyl (C=O) groups excluding carboxylic acids is 8. The Hall–Kier alpha value is -8.40. The van der Waals surface area contributed by atoms with Crippen LogP contribution in [0, 0.1) is 0 Å². The van der Waals surface area contributed by atoms with Gasteiger partial charge in [0.15, 0.2) is 0 Å². The lowest BCUT2D eigenvalue weighted by atomic mass is 9.90. The molecular weight excluding hydrogens is 991 g/mol. The third kappa shape index (κ3) is 16.8. The Bertz CT molecular complexity index is 2720. The van der Waals surface area contributed by atoms with Crippen LogP contribution in [0.3, 0.4) is 0 Å². The monoisotopic (exact) mass is 1060 g/mol. The van der Waals surface area contributed by atoms with Gasteiger partial charge in [-0.25, -0.2) is 19.2 Å². The van der Waals surface area contributed by atoms with E-state index in [1.807, 2.05) is 38.1 Å². The molecule has 1 fully saturated rings. The zero-order chi connectivity index (χ0) is 55.8.